The molecular formula is C18H26N2O4S. The molecule has 7 heteroatoms. The molecule has 1 unspecified atom stereocenters. The van der Waals surface area contributed by atoms with Crippen LogP contribution in [-0.4, -0.2) is 39.3 Å². The van der Waals surface area contributed by atoms with Crippen LogP contribution in [0.1, 0.15) is 44.6 Å². The van der Waals surface area contributed by atoms with Crippen LogP contribution in [0, 0.1) is 0 Å². The lowest BCUT2D eigenvalue weighted by molar-refractivity contribution is -0.119. The second-order valence-corrected chi connectivity index (χ2v) is 8.84. The first-order chi connectivity index (χ1) is 12.0. The summed E-state index contributed by atoms with van der Waals surface area (Å²) in [5.41, 5.74) is 2.42. The lowest BCUT2D eigenvalue weighted by atomic mass is 10.0. The molecular weight excluding hydrogens is 340 g/mol. The van der Waals surface area contributed by atoms with Gasteiger partial charge in [0.15, 0.2) is 0 Å². The Balaban J connectivity index is 1.69. The number of nitrogens with one attached hydrogen (secondary N) is 1. The van der Waals surface area contributed by atoms with Crippen molar-refractivity contribution in [2.75, 3.05) is 28.5 Å². The minimum atomic E-state index is -3.26. The van der Waals surface area contributed by atoms with Crippen molar-refractivity contribution in [3.8, 4) is 0 Å². The van der Waals surface area contributed by atoms with Gasteiger partial charge in [-0.2, -0.15) is 0 Å². The Morgan fingerprint density at radius 2 is 2.16 bits per heavy atom. The summed E-state index contributed by atoms with van der Waals surface area (Å²) >= 11 is 0. The second kappa shape index (κ2) is 7.74. The first kappa shape index (κ1) is 18.2. The van der Waals surface area contributed by atoms with Gasteiger partial charge in [0.2, 0.25) is 15.9 Å². The van der Waals surface area contributed by atoms with E-state index in [-0.39, 0.29) is 17.8 Å². The maximum absolute atomic E-state index is 12.2. The van der Waals surface area contributed by atoms with Crippen molar-refractivity contribution in [2.24, 2.45) is 0 Å². The lowest BCUT2D eigenvalue weighted by Gasteiger charge is -2.30. The number of fused-ring (bicyclic) bond motifs is 1. The topological polar surface area (TPSA) is 75.7 Å². The summed E-state index contributed by atoms with van der Waals surface area (Å²) in [4.78, 5) is 12.2. The van der Waals surface area contributed by atoms with Crippen LogP contribution in [0.2, 0.25) is 0 Å². The minimum Gasteiger partial charge on any atom is -0.378 e. The third-order valence-electron chi connectivity index (χ3n) is 4.83. The quantitative estimate of drug-likeness (QED) is 0.869. The number of anilines is 2. The largest absolute Gasteiger partial charge is 0.378 e. The Morgan fingerprint density at radius 3 is 2.88 bits per heavy atom. The fraction of sp³-hybridized carbons (Fsp3) is 0.611. The molecule has 0 saturated carbocycles. The van der Waals surface area contributed by atoms with Gasteiger partial charge in [0.25, 0.3) is 0 Å². The number of rotatable bonds is 5. The number of aryl methyl sites for hydroxylation is 1. The van der Waals surface area contributed by atoms with Crippen molar-refractivity contribution in [3.63, 3.8) is 0 Å². The van der Waals surface area contributed by atoms with Gasteiger partial charge in [0.1, 0.15) is 0 Å². The molecule has 3 rings (SSSR count). The molecule has 0 radical (unpaired) electrons. The molecule has 0 aliphatic carbocycles. The van der Waals surface area contributed by atoms with Gasteiger partial charge in [-0.15, -0.1) is 0 Å². The molecule has 0 bridgehead atoms. The van der Waals surface area contributed by atoms with Crippen LogP contribution in [-0.2, 0) is 26.0 Å². The minimum absolute atomic E-state index is 0.0107. The number of hydrogen-bond donors (Lipinski definition) is 1. The van der Waals surface area contributed by atoms with Crippen molar-refractivity contribution < 1.29 is 17.9 Å². The van der Waals surface area contributed by atoms with E-state index in [0.29, 0.717) is 13.0 Å². The average Bonchev–Trinajstić information content (AvgIpc) is 2.61. The lowest BCUT2D eigenvalue weighted by Crippen LogP contribution is -2.36. The van der Waals surface area contributed by atoms with E-state index in [2.05, 4.69) is 5.32 Å². The molecule has 1 aromatic rings. The predicted molar refractivity (Wildman–Crippen MR) is 98.4 cm³/mol. The number of ether oxygens (including phenoxy) is 1. The van der Waals surface area contributed by atoms with E-state index < -0.39 is 10.0 Å². The predicted octanol–water partition coefficient (Wildman–Crippen LogP) is 2.69. The SMILES string of the molecule is CCS(=O)(=O)N1CCCc2cc(NC(=O)CC3CCCCO3)ccc21. The Kier molecular flexibility index (Phi) is 5.64. The van der Waals surface area contributed by atoms with E-state index in [1.807, 2.05) is 6.07 Å². The number of amides is 1. The van der Waals surface area contributed by atoms with Crippen molar-refractivity contribution >= 4 is 27.3 Å². The molecule has 2 aliphatic heterocycles. The third kappa shape index (κ3) is 4.33. The monoisotopic (exact) mass is 366 g/mol. The van der Waals surface area contributed by atoms with E-state index in [1.165, 1.54) is 4.31 Å². The molecule has 1 fully saturated rings. The van der Waals surface area contributed by atoms with Crippen LogP contribution in [0.3, 0.4) is 0 Å². The van der Waals surface area contributed by atoms with Crippen molar-refractivity contribution in [3.05, 3.63) is 23.8 Å². The molecule has 25 heavy (non-hydrogen) atoms. The number of benzene rings is 1. The van der Waals surface area contributed by atoms with E-state index >= 15 is 0 Å². The highest BCUT2D eigenvalue weighted by atomic mass is 32.2. The van der Waals surface area contributed by atoms with E-state index in [1.54, 1.807) is 19.1 Å². The number of sulfonamides is 1. The summed E-state index contributed by atoms with van der Waals surface area (Å²) in [6.07, 6.45) is 5.10. The van der Waals surface area contributed by atoms with Crippen LogP contribution >= 0.6 is 0 Å². The zero-order valence-electron chi connectivity index (χ0n) is 14.7. The fourth-order valence-corrected chi connectivity index (χ4v) is 4.67. The molecule has 0 spiro atoms. The first-order valence-corrected chi connectivity index (χ1v) is 10.7. The highest BCUT2D eigenvalue weighted by Crippen LogP contribution is 2.32. The second-order valence-electron chi connectivity index (χ2n) is 6.66. The maximum Gasteiger partial charge on any atom is 0.234 e. The van der Waals surface area contributed by atoms with Gasteiger partial charge in [-0.3, -0.25) is 9.10 Å². The van der Waals surface area contributed by atoms with E-state index in [0.717, 1.165) is 55.6 Å². The molecule has 2 heterocycles. The summed E-state index contributed by atoms with van der Waals surface area (Å²) in [5.74, 6) is 0.0347. The van der Waals surface area contributed by atoms with Gasteiger partial charge in [-0.1, -0.05) is 0 Å². The van der Waals surface area contributed by atoms with Gasteiger partial charge < -0.3 is 10.1 Å². The van der Waals surface area contributed by atoms with E-state index in [4.69, 9.17) is 4.74 Å². The van der Waals surface area contributed by atoms with Gasteiger partial charge >= 0.3 is 0 Å². The molecule has 138 valence electrons. The van der Waals surface area contributed by atoms with Crippen LogP contribution in [0.5, 0.6) is 0 Å². The number of carbonyl (C=O) groups is 1. The van der Waals surface area contributed by atoms with Gasteiger partial charge in [0.05, 0.1) is 24.0 Å². The van der Waals surface area contributed by atoms with Gasteiger partial charge in [-0.25, -0.2) is 8.42 Å². The van der Waals surface area contributed by atoms with Crippen LogP contribution < -0.4 is 9.62 Å². The zero-order chi connectivity index (χ0) is 17.9. The molecule has 1 aromatic carbocycles. The molecule has 6 nitrogen and oxygen atoms in total. The first-order valence-electron chi connectivity index (χ1n) is 9.04. The Labute approximate surface area is 149 Å². The van der Waals surface area contributed by atoms with Crippen LogP contribution in [0.4, 0.5) is 11.4 Å². The summed E-state index contributed by atoms with van der Waals surface area (Å²) < 4.78 is 31.6. The average molecular weight is 366 g/mol. The number of hydrogen-bond acceptors (Lipinski definition) is 4. The van der Waals surface area contributed by atoms with Crippen molar-refractivity contribution in [2.45, 2.75) is 51.6 Å². The van der Waals surface area contributed by atoms with Crippen LogP contribution in [0.15, 0.2) is 18.2 Å². The van der Waals surface area contributed by atoms with Crippen molar-refractivity contribution in [1.82, 2.24) is 0 Å². The standard InChI is InChI=1S/C18H26N2O4S/c1-2-25(22,23)20-10-5-6-14-12-15(8-9-17(14)20)19-18(21)13-16-7-3-4-11-24-16/h8-9,12,16H,2-7,10-11,13H2,1H3,(H,19,21). The summed E-state index contributed by atoms with van der Waals surface area (Å²) in [5, 5.41) is 2.92. The molecule has 1 saturated heterocycles. The maximum atomic E-state index is 12.2. The smallest absolute Gasteiger partial charge is 0.234 e. The van der Waals surface area contributed by atoms with Gasteiger partial charge in [0, 0.05) is 18.8 Å². The molecule has 1 N–H and O–H groups in total. The highest BCUT2D eigenvalue weighted by Gasteiger charge is 2.26. The molecule has 1 atom stereocenters. The van der Waals surface area contributed by atoms with E-state index in [9.17, 15) is 13.2 Å². The molecule has 1 amide bonds. The van der Waals surface area contributed by atoms with Crippen molar-refractivity contribution in [1.29, 1.82) is 0 Å². The summed E-state index contributed by atoms with van der Waals surface area (Å²) in [6.45, 7) is 2.91. The number of nitrogens with zero attached hydrogens (tertiary/aromatic N) is 1. The normalized spacial score (nSPS) is 20.8. The Hall–Kier alpha value is -1.60. The summed E-state index contributed by atoms with van der Waals surface area (Å²) in [6, 6.07) is 5.47. The number of carbonyl (C=O) groups excluding carboxylic acids is 1. The molecule has 0 aromatic heterocycles. The van der Waals surface area contributed by atoms with Crippen LogP contribution in [0.25, 0.3) is 0 Å². The highest BCUT2D eigenvalue weighted by molar-refractivity contribution is 7.92. The van der Waals surface area contributed by atoms with Gasteiger partial charge in [-0.05, 0) is 62.8 Å². The zero-order valence-corrected chi connectivity index (χ0v) is 15.5. The Morgan fingerprint density at radius 1 is 1.32 bits per heavy atom. The third-order valence-corrected chi connectivity index (χ3v) is 6.61. The molecule has 2 aliphatic rings. The fourth-order valence-electron chi connectivity index (χ4n) is 3.47. The summed E-state index contributed by atoms with van der Waals surface area (Å²) in [7, 11) is -3.26. The Bertz CT molecular complexity index is 727.